The molecule has 2 fully saturated rings. The fourth-order valence-electron chi connectivity index (χ4n) is 4.82. The summed E-state index contributed by atoms with van der Waals surface area (Å²) in [5, 5.41) is 8.78. The minimum atomic E-state index is -2.60. The first-order valence-electron chi connectivity index (χ1n) is 12.4. The van der Waals surface area contributed by atoms with Crippen LogP contribution >= 0.6 is 0 Å². The fraction of sp³-hybridized carbons (Fsp3) is 0.480. The van der Waals surface area contributed by atoms with E-state index in [-0.39, 0.29) is 25.9 Å². The van der Waals surface area contributed by atoms with E-state index in [9.17, 15) is 13.0 Å². The molecule has 1 unspecified atom stereocenters. The lowest BCUT2D eigenvalue weighted by Gasteiger charge is -2.32. The van der Waals surface area contributed by atoms with Gasteiger partial charge in [0.05, 0.1) is 23.3 Å². The van der Waals surface area contributed by atoms with Crippen molar-refractivity contribution in [1.82, 2.24) is 20.0 Å². The maximum Gasteiger partial charge on any atom is 0.251 e. The minimum Gasteiger partial charge on any atom is -0.370 e. The number of pyridine rings is 1. The van der Waals surface area contributed by atoms with Crippen molar-refractivity contribution in [3.05, 3.63) is 42.6 Å². The lowest BCUT2D eigenvalue weighted by Crippen LogP contribution is -2.39. The van der Waals surface area contributed by atoms with Crippen molar-refractivity contribution < 1.29 is 13.0 Å². The van der Waals surface area contributed by atoms with E-state index < -0.39 is 16.9 Å². The summed E-state index contributed by atoms with van der Waals surface area (Å²) in [7, 11) is -1.17. The topological polar surface area (TPSA) is 79.2 Å². The predicted molar refractivity (Wildman–Crippen MR) is 139 cm³/mol. The van der Waals surface area contributed by atoms with Gasteiger partial charge >= 0.3 is 0 Å². The van der Waals surface area contributed by atoms with E-state index in [0.29, 0.717) is 17.2 Å². The predicted octanol–water partition coefficient (Wildman–Crippen LogP) is 4.65. The molecule has 0 amide bonds. The number of halogens is 2. The van der Waals surface area contributed by atoms with Gasteiger partial charge in [0.15, 0.2) is 0 Å². The summed E-state index contributed by atoms with van der Waals surface area (Å²) in [6, 6.07) is 11.5. The Balaban J connectivity index is 1.43. The number of alkyl halides is 2. The van der Waals surface area contributed by atoms with Crippen molar-refractivity contribution in [2.45, 2.75) is 44.4 Å². The van der Waals surface area contributed by atoms with Crippen LogP contribution in [0.25, 0.3) is 17.1 Å². The zero-order valence-electron chi connectivity index (χ0n) is 20.4. The average Bonchev–Trinajstić information content (AvgIpc) is 3.19. The van der Waals surface area contributed by atoms with Crippen molar-refractivity contribution in [1.29, 1.82) is 0 Å². The molecule has 1 N–H and O–H groups in total. The van der Waals surface area contributed by atoms with E-state index in [1.807, 2.05) is 47.5 Å². The van der Waals surface area contributed by atoms with Crippen LogP contribution in [0.5, 0.6) is 0 Å². The maximum atomic E-state index is 13.6. The van der Waals surface area contributed by atoms with Gasteiger partial charge in [-0.05, 0) is 43.2 Å². The first-order chi connectivity index (χ1) is 17.4. The van der Waals surface area contributed by atoms with Crippen molar-refractivity contribution in [2.75, 3.05) is 47.0 Å². The van der Waals surface area contributed by atoms with Crippen LogP contribution in [0.4, 0.5) is 26.0 Å². The molecule has 0 bridgehead atoms. The highest BCUT2D eigenvalue weighted by Crippen LogP contribution is 2.32. The van der Waals surface area contributed by atoms with Gasteiger partial charge in [0.2, 0.25) is 0 Å². The van der Waals surface area contributed by atoms with Gasteiger partial charge in [0.1, 0.15) is 22.5 Å². The van der Waals surface area contributed by atoms with E-state index in [2.05, 4.69) is 19.9 Å². The highest BCUT2D eigenvalue weighted by atomic mass is 32.2. The zero-order valence-corrected chi connectivity index (χ0v) is 21.2. The number of benzene rings is 1. The first kappa shape index (κ1) is 24.6. The van der Waals surface area contributed by atoms with Crippen LogP contribution in [-0.4, -0.2) is 62.5 Å². The van der Waals surface area contributed by atoms with Crippen molar-refractivity contribution in [3.63, 3.8) is 0 Å². The molecule has 1 atom stereocenters. The molecular formula is C25H31F2N7OS. The summed E-state index contributed by atoms with van der Waals surface area (Å²) in [5.74, 6) is -1.93. The van der Waals surface area contributed by atoms with Crippen LogP contribution in [0.15, 0.2) is 42.6 Å². The first-order valence-corrected chi connectivity index (χ1v) is 14.0. The summed E-state index contributed by atoms with van der Waals surface area (Å²) in [5.41, 5.74) is 3.95. The van der Waals surface area contributed by atoms with Gasteiger partial charge in [-0.15, -0.1) is 5.10 Å². The highest BCUT2D eigenvalue weighted by Gasteiger charge is 2.34. The Morgan fingerprint density at radius 2 is 1.67 bits per heavy atom. The number of anilines is 3. The summed E-state index contributed by atoms with van der Waals surface area (Å²) in [4.78, 5) is 8.96. The summed E-state index contributed by atoms with van der Waals surface area (Å²) < 4.78 is 43.7. The van der Waals surface area contributed by atoms with Crippen LogP contribution in [0.2, 0.25) is 0 Å². The van der Waals surface area contributed by atoms with Crippen LogP contribution in [-0.2, 0) is 11.0 Å². The van der Waals surface area contributed by atoms with Gasteiger partial charge in [-0.1, -0.05) is 24.1 Å². The molecule has 0 saturated carbocycles. The quantitative estimate of drug-likeness (QED) is 0.515. The number of nitrogens with zero attached hydrogens (tertiary/aromatic N) is 6. The van der Waals surface area contributed by atoms with Gasteiger partial charge in [-0.25, -0.2) is 22.7 Å². The Bertz CT molecular complexity index is 1220. The van der Waals surface area contributed by atoms with E-state index in [4.69, 9.17) is 4.98 Å². The smallest absolute Gasteiger partial charge is 0.251 e. The van der Waals surface area contributed by atoms with E-state index in [0.717, 1.165) is 43.0 Å². The summed E-state index contributed by atoms with van der Waals surface area (Å²) >= 11 is 0. The monoisotopic (exact) mass is 515 g/mol. The molecule has 2 aliphatic rings. The molecule has 3 aromatic rings. The third-order valence-electron chi connectivity index (χ3n) is 6.74. The van der Waals surface area contributed by atoms with Gasteiger partial charge < -0.3 is 14.5 Å². The largest absolute Gasteiger partial charge is 0.370 e. The lowest BCUT2D eigenvalue weighted by molar-refractivity contribution is -0.0221. The SMILES string of the molecule is CS(=O)Nc1ccc(-n2cc(-c3cccc(N4CCC(F)(F)CC4)n3)nn2)c(N2CCCCCC2)c1. The normalized spacial score (nSPS) is 19.1. The number of hydrogen-bond donors (Lipinski definition) is 1. The second-order valence-electron chi connectivity index (χ2n) is 9.43. The van der Waals surface area contributed by atoms with Gasteiger partial charge in [-0.2, -0.15) is 0 Å². The van der Waals surface area contributed by atoms with Crippen LogP contribution in [0.1, 0.15) is 38.5 Å². The third kappa shape index (κ3) is 5.66. The van der Waals surface area contributed by atoms with Crippen LogP contribution < -0.4 is 14.5 Å². The second kappa shape index (κ2) is 10.5. The van der Waals surface area contributed by atoms with Gasteiger partial charge in [0, 0.05) is 51.0 Å². The molecule has 192 valence electrons. The summed E-state index contributed by atoms with van der Waals surface area (Å²) in [6.07, 6.45) is 7.81. The van der Waals surface area contributed by atoms with E-state index >= 15 is 0 Å². The Hall–Kier alpha value is -3.08. The number of rotatable bonds is 6. The molecule has 0 spiro atoms. The summed E-state index contributed by atoms with van der Waals surface area (Å²) in [6.45, 7) is 2.45. The molecular weight excluding hydrogens is 484 g/mol. The minimum absolute atomic E-state index is 0.162. The van der Waals surface area contributed by atoms with Crippen LogP contribution in [0.3, 0.4) is 0 Å². The maximum absolute atomic E-state index is 13.6. The third-order valence-corrected chi connectivity index (χ3v) is 7.26. The number of aromatic nitrogens is 4. The van der Waals surface area contributed by atoms with Crippen LogP contribution in [0, 0.1) is 0 Å². The lowest BCUT2D eigenvalue weighted by atomic mass is 10.1. The molecule has 8 nitrogen and oxygen atoms in total. The molecule has 4 heterocycles. The number of nitrogens with one attached hydrogen (secondary N) is 1. The molecule has 11 heteroatoms. The number of piperidine rings is 1. The van der Waals surface area contributed by atoms with Crippen molar-refractivity contribution in [2.24, 2.45) is 0 Å². The molecule has 36 heavy (non-hydrogen) atoms. The molecule has 2 aliphatic heterocycles. The molecule has 0 radical (unpaired) electrons. The zero-order chi connectivity index (χ0) is 25.1. The Labute approximate surface area is 212 Å². The van der Waals surface area contributed by atoms with Gasteiger partial charge in [0.25, 0.3) is 5.92 Å². The number of hydrogen-bond acceptors (Lipinski definition) is 6. The van der Waals surface area contributed by atoms with Gasteiger partial charge in [-0.3, -0.25) is 0 Å². The standard InChI is InChI=1S/C25H31F2N7OS/c1-36(35)30-19-9-10-22(23(17-19)32-13-4-2-3-5-14-32)34-18-21(29-31-34)20-7-6-8-24(28-20)33-15-11-25(26,27)12-16-33/h6-10,17-18,30H,2-5,11-16H2,1H3. The Morgan fingerprint density at radius 1 is 0.917 bits per heavy atom. The second-order valence-corrected chi connectivity index (χ2v) is 10.5. The molecule has 2 aromatic heterocycles. The van der Waals surface area contributed by atoms with Crippen molar-refractivity contribution in [3.8, 4) is 17.1 Å². The molecule has 1 aromatic carbocycles. The Kier molecular flexibility index (Phi) is 7.17. The average molecular weight is 516 g/mol. The molecule has 2 saturated heterocycles. The Morgan fingerprint density at radius 3 is 2.39 bits per heavy atom. The fourth-order valence-corrected chi connectivity index (χ4v) is 5.27. The van der Waals surface area contributed by atoms with E-state index in [1.54, 1.807) is 10.9 Å². The van der Waals surface area contributed by atoms with Crippen molar-refractivity contribution >= 4 is 28.2 Å². The highest BCUT2D eigenvalue weighted by molar-refractivity contribution is 7.85. The molecule has 0 aliphatic carbocycles. The molecule has 5 rings (SSSR count). The van der Waals surface area contributed by atoms with E-state index in [1.165, 1.54) is 12.8 Å².